The van der Waals surface area contributed by atoms with Gasteiger partial charge in [0, 0.05) is 25.6 Å². The van der Waals surface area contributed by atoms with Crippen LogP contribution in [-0.4, -0.2) is 57.2 Å². The highest BCUT2D eigenvalue weighted by atomic mass is 19.1. The van der Waals surface area contributed by atoms with Crippen LogP contribution in [0, 0.1) is 18.7 Å². The lowest BCUT2D eigenvalue weighted by molar-refractivity contribution is -0.00372. The highest BCUT2D eigenvalue weighted by Gasteiger charge is 2.54. The Bertz CT molecular complexity index is 869. The van der Waals surface area contributed by atoms with Gasteiger partial charge < -0.3 is 4.90 Å². The van der Waals surface area contributed by atoms with Crippen LogP contribution in [0.5, 0.6) is 0 Å². The van der Waals surface area contributed by atoms with Crippen molar-refractivity contribution < 1.29 is 9.18 Å². The molecule has 0 radical (unpaired) electrons. The minimum atomic E-state index is -0.211. The molecular formula is C21H25FN4O. The van der Waals surface area contributed by atoms with Crippen molar-refractivity contribution >= 4 is 5.91 Å². The fraction of sp³-hybridized carbons (Fsp3) is 0.524. The summed E-state index contributed by atoms with van der Waals surface area (Å²) < 4.78 is 15.1. The predicted molar refractivity (Wildman–Crippen MR) is 100.0 cm³/mol. The fourth-order valence-electron chi connectivity index (χ4n) is 5.62. The van der Waals surface area contributed by atoms with Crippen LogP contribution in [0.1, 0.15) is 40.5 Å². The highest BCUT2D eigenvalue weighted by molar-refractivity contribution is 5.93. The summed E-state index contributed by atoms with van der Waals surface area (Å²) >= 11 is 0. The number of piperidine rings is 3. The molecule has 0 saturated carbocycles. The molecule has 4 saturated heterocycles. The molecule has 0 aliphatic carbocycles. The average molecular weight is 368 g/mol. The Kier molecular flexibility index (Phi) is 3.86. The average Bonchev–Trinajstić information content (AvgIpc) is 3.24. The van der Waals surface area contributed by atoms with Crippen molar-refractivity contribution in [1.82, 2.24) is 19.6 Å². The Hall–Kier alpha value is -2.21. The lowest BCUT2D eigenvalue weighted by Gasteiger charge is -2.51. The van der Waals surface area contributed by atoms with E-state index in [0.717, 1.165) is 37.2 Å². The number of halogens is 1. The maximum atomic E-state index is 13.4. The second kappa shape index (κ2) is 6.16. The topological polar surface area (TPSA) is 41.4 Å². The molecule has 6 heteroatoms. The second-order valence-electron chi connectivity index (χ2n) is 8.26. The van der Waals surface area contributed by atoms with Crippen LogP contribution in [0.3, 0.4) is 0 Å². The molecule has 0 unspecified atom stereocenters. The van der Waals surface area contributed by atoms with E-state index in [0.29, 0.717) is 24.2 Å². The van der Waals surface area contributed by atoms with E-state index < -0.39 is 0 Å². The Morgan fingerprint density at radius 1 is 1.15 bits per heavy atom. The summed E-state index contributed by atoms with van der Waals surface area (Å²) in [5.74, 6) is 0.657. The lowest BCUT2D eigenvalue weighted by Crippen LogP contribution is -2.60. The number of aryl methyl sites for hydroxylation is 2. The number of carbonyl (C=O) groups excluding carboxylic acids is 1. The number of carbonyl (C=O) groups is 1. The van der Waals surface area contributed by atoms with Crippen molar-refractivity contribution in [2.24, 2.45) is 13.0 Å². The summed E-state index contributed by atoms with van der Waals surface area (Å²) in [6.07, 6.45) is 2.32. The van der Waals surface area contributed by atoms with E-state index in [1.807, 2.05) is 32.2 Å². The van der Waals surface area contributed by atoms with Gasteiger partial charge in [0.05, 0.1) is 11.7 Å². The van der Waals surface area contributed by atoms with Crippen molar-refractivity contribution in [2.75, 3.05) is 19.6 Å². The predicted octanol–water partition coefficient (Wildman–Crippen LogP) is 2.57. The molecule has 1 aromatic carbocycles. The van der Waals surface area contributed by atoms with Gasteiger partial charge in [-0.2, -0.15) is 5.10 Å². The molecule has 1 amide bonds. The Morgan fingerprint density at radius 3 is 2.48 bits per heavy atom. The van der Waals surface area contributed by atoms with E-state index in [-0.39, 0.29) is 23.7 Å². The molecule has 27 heavy (non-hydrogen) atoms. The minimum absolute atomic E-state index is 0.0754. The second-order valence-corrected chi connectivity index (χ2v) is 8.26. The Labute approximate surface area is 158 Å². The number of aromatic nitrogens is 2. The van der Waals surface area contributed by atoms with Crippen LogP contribution in [0.2, 0.25) is 0 Å². The smallest absolute Gasteiger partial charge is 0.272 e. The van der Waals surface area contributed by atoms with Crippen molar-refractivity contribution in [3.05, 3.63) is 53.1 Å². The first kappa shape index (κ1) is 16.9. The van der Waals surface area contributed by atoms with Gasteiger partial charge in [-0.3, -0.25) is 14.4 Å². The lowest BCUT2D eigenvalue weighted by atomic mass is 9.75. The van der Waals surface area contributed by atoms with Crippen LogP contribution in [0.15, 0.2) is 30.3 Å². The third-order valence-corrected chi connectivity index (χ3v) is 6.77. The molecule has 5 nitrogen and oxygen atoms in total. The molecule has 0 spiro atoms. The van der Waals surface area contributed by atoms with Gasteiger partial charge in [0.15, 0.2) is 0 Å². The molecule has 4 aliphatic heterocycles. The molecule has 5 heterocycles. The zero-order valence-electron chi connectivity index (χ0n) is 15.8. The van der Waals surface area contributed by atoms with Gasteiger partial charge in [0.1, 0.15) is 11.5 Å². The third kappa shape index (κ3) is 2.61. The number of fused-ring (bicyclic) bond motifs is 2. The number of hydrogen-bond donors (Lipinski definition) is 0. The maximum Gasteiger partial charge on any atom is 0.272 e. The number of likely N-dealkylation sites (tertiary alicyclic amines) is 1. The van der Waals surface area contributed by atoms with E-state index in [2.05, 4.69) is 14.9 Å². The van der Waals surface area contributed by atoms with Gasteiger partial charge in [-0.05, 0) is 62.5 Å². The Balaban J connectivity index is 1.53. The Morgan fingerprint density at radius 2 is 1.85 bits per heavy atom. The molecule has 1 aromatic heterocycles. The zero-order chi connectivity index (χ0) is 18.7. The highest BCUT2D eigenvalue weighted by Crippen LogP contribution is 2.46. The molecule has 0 N–H and O–H groups in total. The molecule has 2 aromatic rings. The van der Waals surface area contributed by atoms with Crippen molar-refractivity contribution in [2.45, 2.75) is 37.8 Å². The van der Waals surface area contributed by atoms with Crippen LogP contribution in [0.4, 0.5) is 4.39 Å². The number of nitrogens with zero attached hydrogens (tertiary/aromatic N) is 4. The van der Waals surface area contributed by atoms with Crippen LogP contribution >= 0.6 is 0 Å². The van der Waals surface area contributed by atoms with Gasteiger partial charge >= 0.3 is 0 Å². The standard InChI is InChI=1S/C21H25FN4O/c1-13-11-18(24(2)23-13)21(27)26-12-17(14-3-5-16(22)6-4-14)20-19(26)15-7-9-25(20)10-8-15/h3-6,11,15,17,19-20H,7-10,12H2,1-2H3/t17-,19+,20+/m0/s1. The fourth-order valence-corrected chi connectivity index (χ4v) is 5.62. The third-order valence-electron chi connectivity index (χ3n) is 6.77. The largest absolute Gasteiger partial charge is 0.332 e. The zero-order valence-corrected chi connectivity index (χ0v) is 15.8. The summed E-state index contributed by atoms with van der Waals surface area (Å²) in [5.41, 5.74) is 2.65. The van der Waals surface area contributed by atoms with Crippen LogP contribution < -0.4 is 0 Å². The first-order valence-electron chi connectivity index (χ1n) is 9.84. The van der Waals surface area contributed by atoms with Gasteiger partial charge in [-0.25, -0.2) is 4.39 Å². The molecule has 2 bridgehead atoms. The summed E-state index contributed by atoms with van der Waals surface area (Å²) in [5, 5.41) is 4.36. The van der Waals surface area contributed by atoms with E-state index >= 15 is 0 Å². The molecule has 142 valence electrons. The van der Waals surface area contributed by atoms with E-state index in [9.17, 15) is 9.18 Å². The number of amides is 1. The summed E-state index contributed by atoms with van der Waals surface area (Å²) in [4.78, 5) is 18.1. The molecule has 4 fully saturated rings. The quantitative estimate of drug-likeness (QED) is 0.818. The van der Waals surface area contributed by atoms with Crippen LogP contribution in [-0.2, 0) is 7.05 Å². The summed E-state index contributed by atoms with van der Waals surface area (Å²) in [7, 11) is 1.84. The number of benzene rings is 1. The first-order valence-corrected chi connectivity index (χ1v) is 9.84. The SMILES string of the molecule is Cc1cc(C(=O)N2C[C@@H](c3ccc(F)cc3)[C@@H]3[C@H]2C2CCN3CC2)n(C)n1. The monoisotopic (exact) mass is 368 g/mol. The van der Waals surface area contributed by atoms with Gasteiger partial charge in [-0.1, -0.05) is 12.1 Å². The number of hydrogen-bond acceptors (Lipinski definition) is 3. The molecule has 3 atom stereocenters. The molecular weight excluding hydrogens is 343 g/mol. The van der Waals surface area contributed by atoms with Crippen molar-refractivity contribution in [3.8, 4) is 0 Å². The first-order chi connectivity index (χ1) is 13.0. The maximum absolute atomic E-state index is 13.4. The summed E-state index contributed by atoms with van der Waals surface area (Å²) in [6, 6.07) is 9.31. The number of rotatable bonds is 2. The van der Waals surface area contributed by atoms with E-state index in [4.69, 9.17) is 0 Å². The normalized spacial score (nSPS) is 32.0. The van der Waals surface area contributed by atoms with Crippen molar-refractivity contribution in [1.29, 1.82) is 0 Å². The van der Waals surface area contributed by atoms with Gasteiger partial charge in [0.25, 0.3) is 5.91 Å². The van der Waals surface area contributed by atoms with E-state index in [1.54, 1.807) is 4.68 Å². The molecule has 6 rings (SSSR count). The van der Waals surface area contributed by atoms with E-state index in [1.165, 1.54) is 12.1 Å². The molecule has 4 aliphatic rings. The van der Waals surface area contributed by atoms with Gasteiger partial charge in [0.2, 0.25) is 0 Å². The van der Waals surface area contributed by atoms with Crippen LogP contribution in [0.25, 0.3) is 0 Å². The summed E-state index contributed by atoms with van der Waals surface area (Å²) in [6.45, 7) is 4.82. The van der Waals surface area contributed by atoms with Crippen molar-refractivity contribution in [3.63, 3.8) is 0 Å². The van der Waals surface area contributed by atoms with Gasteiger partial charge in [-0.15, -0.1) is 0 Å². The minimum Gasteiger partial charge on any atom is -0.332 e.